The van der Waals surface area contributed by atoms with Crippen LogP contribution in [0.5, 0.6) is 5.75 Å². The van der Waals surface area contributed by atoms with E-state index < -0.39 is 6.04 Å². The van der Waals surface area contributed by atoms with Crippen molar-refractivity contribution in [2.24, 2.45) is 0 Å². The van der Waals surface area contributed by atoms with Crippen molar-refractivity contribution in [2.75, 3.05) is 28.3 Å². The van der Waals surface area contributed by atoms with E-state index in [1.165, 1.54) is 4.90 Å². The lowest BCUT2D eigenvalue weighted by Gasteiger charge is -2.18. The fourth-order valence-corrected chi connectivity index (χ4v) is 3.95. The van der Waals surface area contributed by atoms with Crippen molar-refractivity contribution >= 4 is 34.8 Å². The van der Waals surface area contributed by atoms with E-state index in [0.717, 1.165) is 29.8 Å². The molecule has 2 aromatic rings. The molecule has 1 atom stereocenters. The van der Waals surface area contributed by atoms with Gasteiger partial charge < -0.3 is 15.0 Å². The molecular weight excluding hydrogens is 382 g/mol. The summed E-state index contributed by atoms with van der Waals surface area (Å²) in [5.74, 6) is 0.233. The highest BCUT2D eigenvalue weighted by Crippen LogP contribution is 2.32. The monoisotopic (exact) mass is 407 g/mol. The van der Waals surface area contributed by atoms with Crippen LogP contribution < -0.4 is 19.9 Å². The molecule has 1 saturated heterocycles. The molecule has 0 spiro atoms. The zero-order valence-corrected chi connectivity index (χ0v) is 17.2. The molecule has 1 N–H and O–H groups in total. The quantitative estimate of drug-likeness (QED) is 0.745. The molecule has 2 heterocycles. The predicted molar refractivity (Wildman–Crippen MR) is 115 cm³/mol. The van der Waals surface area contributed by atoms with E-state index in [4.69, 9.17) is 4.74 Å². The Labute approximate surface area is 175 Å². The number of rotatable bonds is 6. The van der Waals surface area contributed by atoms with E-state index in [1.807, 2.05) is 25.1 Å². The number of carbonyl (C=O) groups is 3. The summed E-state index contributed by atoms with van der Waals surface area (Å²) in [6.45, 7) is 4.88. The number of hydrogen-bond acceptors (Lipinski definition) is 5. The summed E-state index contributed by atoms with van der Waals surface area (Å²) >= 11 is 0. The van der Waals surface area contributed by atoms with Crippen LogP contribution in [0, 0.1) is 0 Å². The molecule has 0 bridgehead atoms. The van der Waals surface area contributed by atoms with Gasteiger partial charge in [-0.05, 0) is 60.9 Å². The predicted octanol–water partition coefficient (Wildman–Crippen LogP) is 3.13. The summed E-state index contributed by atoms with van der Waals surface area (Å²) < 4.78 is 5.56. The third-order valence-electron chi connectivity index (χ3n) is 5.41. The van der Waals surface area contributed by atoms with E-state index >= 15 is 0 Å². The minimum absolute atomic E-state index is 0.0211. The maximum Gasteiger partial charge on any atom is 0.256 e. The second-order valence-corrected chi connectivity index (χ2v) is 7.57. The van der Waals surface area contributed by atoms with Gasteiger partial charge in [0.25, 0.3) is 5.91 Å². The van der Waals surface area contributed by atoms with Gasteiger partial charge >= 0.3 is 0 Å². The van der Waals surface area contributed by atoms with Crippen molar-refractivity contribution in [1.82, 2.24) is 0 Å². The number of anilines is 3. The molecule has 7 nitrogen and oxygen atoms in total. The van der Waals surface area contributed by atoms with E-state index in [2.05, 4.69) is 5.32 Å². The Bertz CT molecular complexity index is 986. The van der Waals surface area contributed by atoms with Crippen LogP contribution in [0.1, 0.15) is 32.3 Å². The molecule has 3 amide bonds. The zero-order valence-electron chi connectivity index (χ0n) is 17.2. The van der Waals surface area contributed by atoms with Crippen LogP contribution in [0.4, 0.5) is 17.1 Å². The summed E-state index contributed by atoms with van der Waals surface area (Å²) in [5.41, 5.74) is 3.29. The van der Waals surface area contributed by atoms with E-state index in [0.29, 0.717) is 24.6 Å². The number of benzene rings is 2. The number of nitrogens with zero attached hydrogens (tertiary/aromatic N) is 2. The van der Waals surface area contributed by atoms with Crippen molar-refractivity contribution in [2.45, 2.75) is 39.2 Å². The molecule has 0 unspecified atom stereocenters. The maximum absolute atomic E-state index is 12.9. The number of imide groups is 1. The third kappa shape index (κ3) is 3.75. The van der Waals surface area contributed by atoms with Crippen molar-refractivity contribution in [3.63, 3.8) is 0 Å². The molecule has 30 heavy (non-hydrogen) atoms. The van der Waals surface area contributed by atoms with Crippen molar-refractivity contribution < 1.29 is 19.1 Å². The van der Waals surface area contributed by atoms with Crippen molar-refractivity contribution in [1.29, 1.82) is 0 Å². The first-order valence-electron chi connectivity index (χ1n) is 10.2. The first kappa shape index (κ1) is 19.9. The number of nitrogens with one attached hydrogen (secondary N) is 1. The van der Waals surface area contributed by atoms with Crippen LogP contribution in [-0.2, 0) is 20.8 Å². The molecule has 1 fully saturated rings. The number of amides is 3. The molecule has 0 saturated carbocycles. The van der Waals surface area contributed by atoms with Crippen LogP contribution in [-0.4, -0.2) is 36.9 Å². The lowest BCUT2D eigenvalue weighted by molar-refractivity contribution is -0.121. The molecule has 0 aromatic heterocycles. The molecule has 0 radical (unpaired) electrons. The zero-order chi connectivity index (χ0) is 21.3. The van der Waals surface area contributed by atoms with Crippen molar-refractivity contribution in [3.05, 3.63) is 48.0 Å². The number of ether oxygens (including phenoxy) is 1. The number of carbonyl (C=O) groups excluding carboxylic acids is 3. The second kappa shape index (κ2) is 8.18. The first-order chi connectivity index (χ1) is 14.5. The third-order valence-corrected chi connectivity index (χ3v) is 5.41. The average molecular weight is 407 g/mol. The topological polar surface area (TPSA) is 79.0 Å². The Kier molecular flexibility index (Phi) is 5.44. The minimum Gasteiger partial charge on any atom is -0.494 e. The molecule has 2 aliphatic rings. The normalized spacial score (nSPS) is 18.0. The summed E-state index contributed by atoms with van der Waals surface area (Å²) in [6.07, 6.45) is 1.79. The van der Waals surface area contributed by atoms with Gasteiger partial charge in [-0.2, -0.15) is 0 Å². The Morgan fingerprint density at radius 3 is 2.63 bits per heavy atom. The van der Waals surface area contributed by atoms with Gasteiger partial charge in [0.2, 0.25) is 11.8 Å². The minimum atomic E-state index is -0.614. The molecule has 4 rings (SSSR count). The smallest absolute Gasteiger partial charge is 0.256 e. The molecule has 0 aliphatic carbocycles. The van der Waals surface area contributed by atoms with Gasteiger partial charge in [-0.15, -0.1) is 0 Å². The van der Waals surface area contributed by atoms with E-state index in [-0.39, 0.29) is 24.1 Å². The largest absolute Gasteiger partial charge is 0.494 e. The van der Waals surface area contributed by atoms with Gasteiger partial charge in [-0.25, -0.2) is 4.90 Å². The highest BCUT2D eigenvalue weighted by Gasteiger charge is 2.39. The molecule has 2 aromatic carbocycles. The lowest BCUT2D eigenvalue weighted by Crippen LogP contribution is -2.34. The SMILES string of the molecule is CCCOc1ccc(N2C(=O)C[C@H](Nc3ccc4c(c3)CCN4C(C)=O)C2=O)cc1. The van der Waals surface area contributed by atoms with Crippen LogP contribution in [0.15, 0.2) is 42.5 Å². The average Bonchev–Trinajstić information content (AvgIpc) is 3.27. The fraction of sp³-hybridized carbons (Fsp3) is 0.348. The van der Waals surface area contributed by atoms with Crippen molar-refractivity contribution in [3.8, 4) is 5.75 Å². The Balaban J connectivity index is 1.46. The molecular formula is C23H25N3O4. The number of hydrogen-bond donors (Lipinski definition) is 1. The van der Waals surface area contributed by atoms with Gasteiger partial charge in [0, 0.05) is 24.8 Å². The Morgan fingerprint density at radius 1 is 1.17 bits per heavy atom. The van der Waals surface area contributed by atoms with E-state index in [9.17, 15) is 14.4 Å². The summed E-state index contributed by atoms with van der Waals surface area (Å²) in [7, 11) is 0. The van der Waals surface area contributed by atoms with Crippen LogP contribution in [0.2, 0.25) is 0 Å². The maximum atomic E-state index is 12.9. The summed E-state index contributed by atoms with van der Waals surface area (Å²) in [5, 5.41) is 3.19. The number of fused-ring (bicyclic) bond motifs is 1. The van der Waals surface area contributed by atoms with Crippen LogP contribution in [0.3, 0.4) is 0 Å². The van der Waals surface area contributed by atoms with Gasteiger partial charge in [-0.1, -0.05) is 6.92 Å². The van der Waals surface area contributed by atoms with Crippen LogP contribution in [0.25, 0.3) is 0 Å². The highest BCUT2D eigenvalue weighted by molar-refractivity contribution is 6.23. The van der Waals surface area contributed by atoms with Gasteiger partial charge in [0.05, 0.1) is 18.7 Å². The second-order valence-electron chi connectivity index (χ2n) is 7.57. The van der Waals surface area contributed by atoms with Gasteiger partial charge in [0.1, 0.15) is 11.8 Å². The van der Waals surface area contributed by atoms with Crippen LogP contribution >= 0.6 is 0 Å². The molecule has 2 aliphatic heterocycles. The van der Waals surface area contributed by atoms with Gasteiger partial charge in [-0.3, -0.25) is 14.4 Å². The van der Waals surface area contributed by atoms with Gasteiger partial charge in [0.15, 0.2) is 0 Å². The Hall–Kier alpha value is -3.35. The molecule has 7 heteroatoms. The fourth-order valence-electron chi connectivity index (χ4n) is 3.95. The highest BCUT2D eigenvalue weighted by atomic mass is 16.5. The standard InChI is InChI=1S/C23H25N3O4/c1-3-12-30-19-7-5-18(6-8-19)26-22(28)14-20(23(26)29)24-17-4-9-21-16(13-17)10-11-25(21)15(2)27/h4-9,13,20,24H,3,10-12,14H2,1-2H3/t20-/m0/s1. The van der Waals surface area contributed by atoms with E-state index in [1.54, 1.807) is 36.1 Å². The lowest BCUT2D eigenvalue weighted by atomic mass is 10.1. The Morgan fingerprint density at radius 2 is 1.93 bits per heavy atom. The molecule has 156 valence electrons. The summed E-state index contributed by atoms with van der Waals surface area (Å²) in [4.78, 5) is 40.1. The first-order valence-corrected chi connectivity index (χ1v) is 10.2. The summed E-state index contributed by atoms with van der Waals surface area (Å²) in [6, 6.07) is 12.1.